The zero-order valence-corrected chi connectivity index (χ0v) is 15.3. The third kappa shape index (κ3) is 3.48. The first-order chi connectivity index (χ1) is 11.3. The Labute approximate surface area is 143 Å². The molecule has 1 fully saturated rings. The summed E-state index contributed by atoms with van der Waals surface area (Å²) in [5.41, 5.74) is 1.80. The molecule has 6 nitrogen and oxygen atoms in total. The van der Waals surface area contributed by atoms with Crippen molar-refractivity contribution in [3.05, 3.63) is 23.8 Å². The summed E-state index contributed by atoms with van der Waals surface area (Å²) in [7, 11) is 0.282. The molecule has 1 aromatic carbocycles. The van der Waals surface area contributed by atoms with E-state index in [2.05, 4.69) is 4.72 Å². The van der Waals surface area contributed by atoms with Gasteiger partial charge in [0.25, 0.3) is 0 Å². The lowest BCUT2D eigenvalue weighted by Gasteiger charge is -2.22. The highest BCUT2D eigenvalue weighted by atomic mass is 32.2. The van der Waals surface area contributed by atoms with Gasteiger partial charge in [-0.25, -0.2) is 13.1 Å². The van der Waals surface area contributed by atoms with E-state index in [1.54, 1.807) is 18.2 Å². The minimum absolute atomic E-state index is 0.0905. The molecule has 0 radical (unpaired) electrons. The van der Waals surface area contributed by atoms with Crippen molar-refractivity contribution in [3.8, 4) is 0 Å². The van der Waals surface area contributed by atoms with Crippen LogP contribution in [0.25, 0.3) is 0 Å². The van der Waals surface area contributed by atoms with Crippen LogP contribution in [0.4, 0.5) is 5.69 Å². The number of amides is 1. The summed E-state index contributed by atoms with van der Waals surface area (Å²) in [4.78, 5) is 16.5. The summed E-state index contributed by atoms with van der Waals surface area (Å²) in [5.74, 6) is 0.343. The summed E-state index contributed by atoms with van der Waals surface area (Å²) in [6.07, 6.45) is 2.65. The average Bonchev–Trinajstić information content (AvgIpc) is 3.28. The molecule has 1 N–H and O–H groups in total. The third-order valence-corrected chi connectivity index (χ3v) is 6.05. The standard InChI is InChI=1S/C17H25N3O3S/c1-12-10-14-11-15(24(22,23)18-8-9-19(2)3)6-7-16(14)20(12)17(21)13-4-5-13/h6-7,11-13,18H,4-5,8-10H2,1-3H3. The van der Waals surface area contributed by atoms with E-state index in [0.29, 0.717) is 19.5 Å². The van der Waals surface area contributed by atoms with Crippen molar-refractivity contribution in [3.63, 3.8) is 0 Å². The van der Waals surface area contributed by atoms with Gasteiger partial charge in [-0.1, -0.05) is 0 Å². The summed E-state index contributed by atoms with van der Waals surface area (Å²) in [5, 5.41) is 0. The van der Waals surface area contributed by atoms with E-state index in [1.165, 1.54) is 0 Å². The van der Waals surface area contributed by atoms with Crippen molar-refractivity contribution in [2.45, 2.75) is 37.1 Å². The molecule has 1 aliphatic heterocycles. The molecule has 2 aliphatic rings. The van der Waals surface area contributed by atoms with Crippen molar-refractivity contribution in [2.24, 2.45) is 5.92 Å². The minimum atomic E-state index is -3.52. The van der Waals surface area contributed by atoms with Gasteiger partial charge in [0, 0.05) is 30.7 Å². The number of likely N-dealkylation sites (N-methyl/N-ethyl adjacent to an activating group) is 1. The zero-order valence-electron chi connectivity index (χ0n) is 14.4. The Hall–Kier alpha value is -1.44. The molecule has 1 saturated carbocycles. The normalized spacial score (nSPS) is 20.5. The van der Waals surface area contributed by atoms with Crippen molar-refractivity contribution < 1.29 is 13.2 Å². The Kier molecular flexibility index (Phi) is 4.68. The number of hydrogen-bond donors (Lipinski definition) is 1. The molecule has 7 heteroatoms. The highest BCUT2D eigenvalue weighted by Gasteiger charge is 2.39. The first-order valence-corrected chi connectivity index (χ1v) is 9.88. The van der Waals surface area contributed by atoms with Gasteiger partial charge in [0.15, 0.2) is 0 Å². The molecular formula is C17H25N3O3S. The molecule has 1 heterocycles. The summed E-state index contributed by atoms with van der Waals surface area (Å²) < 4.78 is 27.5. The highest BCUT2D eigenvalue weighted by Crippen LogP contribution is 2.39. The monoisotopic (exact) mass is 351 g/mol. The number of sulfonamides is 1. The second-order valence-corrected chi connectivity index (χ2v) is 8.79. The number of anilines is 1. The zero-order chi connectivity index (χ0) is 17.5. The maximum absolute atomic E-state index is 12.5. The quantitative estimate of drug-likeness (QED) is 0.836. The molecule has 1 aromatic rings. The molecule has 3 rings (SSSR count). The van der Waals surface area contributed by atoms with Crippen molar-refractivity contribution in [1.29, 1.82) is 0 Å². The van der Waals surface area contributed by atoms with E-state index in [1.807, 2.05) is 30.8 Å². The van der Waals surface area contributed by atoms with Crippen LogP contribution in [0.2, 0.25) is 0 Å². The molecular weight excluding hydrogens is 326 g/mol. The number of nitrogens with zero attached hydrogens (tertiary/aromatic N) is 2. The molecule has 132 valence electrons. The smallest absolute Gasteiger partial charge is 0.240 e. The predicted octanol–water partition coefficient (Wildman–Crippen LogP) is 1.21. The number of carbonyl (C=O) groups excluding carboxylic acids is 1. The number of hydrogen-bond acceptors (Lipinski definition) is 4. The Morgan fingerprint density at radius 1 is 1.33 bits per heavy atom. The number of fused-ring (bicyclic) bond motifs is 1. The largest absolute Gasteiger partial charge is 0.309 e. The van der Waals surface area contributed by atoms with Crippen LogP contribution in [-0.2, 0) is 21.2 Å². The number of rotatable bonds is 6. The van der Waals surface area contributed by atoms with Gasteiger partial charge in [-0.15, -0.1) is 0 Å². The van der Waals surface area contributed by atoms with E-state index in [0.717, 1.165) is 24.1 Å². The molecule has 1 aliphatic carbocycles. The van der Waals surface area contributed by atoms with Crippen LogP contribution in [0.3, 0.4) is 0 Å². The molecule has 0 saturated heterocycles. The van der Waals surface area contributed by atoms with Crippen LogP contribution in [0.15, 0.2) is 23.1 Å². The fourth-order valence-corrected chi connectivity index (χ4v) is 4.20. The van der Waals surface area contributed by atoms with Gasteiger partial charge in [-0.05, 0) is 64.0 Å². The lowest BCUT2D eigenvalue weighted by Crippen LogP contribution is -2.36. The predicted molar refractivity (Wildman–Crippen MR) is 93.6 cm³/mol. The first-order valence-electron chi connectivity index (χ1n) is 8.40. The molecule has 1 unspecified atom stereocenters. The molecule has 1 amide bonds. The summed E-state index contributed by atoms with van der Waals surface area (Å²) in [6.45, 7) is 3.03. The van der Waals surface area contributed by atoms with Crippen molar-refractivity contribution >= 4 is 21.6 Å². The fraction of sp³-hybridized carbons (Fsp3) is 0.588. The highest BCUT2D eigenvalue weighted by molar-refractivity contribution is 7.89. The van der Waals surface area contributed by atoms with Gasteiger partial charge in [-0.2, -0.15) is 0 Å². The van der Waals surface area contributed by atoms with Crippen molar-refractivity contribution in [2.75, 3.05) is 32.1 Å². The van der Waals surface area contributed by atoms with Gasteiger partial charge in [0.1, 0.15) is 0 Å². The summed E-state index contributed by atoms with van der Waals surface area (Å²) in [6, 6.07) is 5.18. The van der Waals surface area contributed by atoms with Crippen molar-refractivity contribution in [1.82, 2.24) is 9.62 Å². The van der Waals surface area contributed by atoms with Gasteiger partial charge >= 0.3 is 0 Å². The maximum Gasteiger partial charge on any atom is 0.240 e. The third-order valence-electron chi connectivity index (χ3n) is 4.59. The lowest BCUT2D eigenvalue weighted by atomic mass is 10.1. The van der Waals surface area contributed by atoms with Gasteiger partial charge < -0.3 is 9.80 Å². The average molecular weight is 351 g/mol. The lowest BCUT2D eigenvalue weighted by molar-refractivity contribution is -0.120. The van der Waals surface area contributed by atoms with E-state index in [4.69, 9.17) is 0 Å². The van der Waals surface area contributed by atoms with Crippen LogP contribution in [0.5, 0.6) is 0 Å². The second-order valence-electron chi connectivity index (χ2n) is 7.03. The Morgan fingerprint density at radius 3 is 2.67 bits per heavy atom. The molecule has 0 bridgehead atoms. The van der Waals surface area contributed by atoms with Crippen LogP contribution in [0.1, 0.15) is 25.3 Å². The molecule has 1 atom stereocenters. The summed E-state index contributed by atoms with van der Waals surface area (Å²) >= 11 is 0. The second kappa shape index (κ2) is 6.46. The molecule has 0 spiro atoms. The van der Waals surface area contributed by atoms with Gasteiger partial charge in [0.05, 0.1) is 4.90 Å². The number of benzene rings is 1. The van der Waals surface area contributed by atoms with E-state index in [9.17, 15) is 13.2 Å². The fourth-order valence-electron chi connectivity index (χ4n) is 3.12. The number of carbonyl (C=O) groups is 1. The van der Waals surface area contributed by atoms with Gasteiger partial charge in [0.2, 0.25) is 15.9 Å². The van der Waals surface area contributed by atoms with Crippen LogP contribution >= 0.6 is 0 Å². The number of nitrogens with one attached hydrogen (secondary N) is 1. The Morgan fingerprint density at radius 2 is 2.04 bits per heavy atom. The minimum Gasteiger partial charge on any atom is -0.309 e. The molecule has 24 heavy (non-hydrogen) atoms. The molecule has 0 aromatic heterocycles. The first kappa shape index (κ1) is 17.4. The SMILES string of the molecule is CC1Cc2cc(S(=O)(=O)NCCN(C)C)ccc2N1C(=O)C1CC1. The van der Waals surface area contributed by atoms with Crippen LogP contribution in [-0.4, -0.2) is 52.5 Å². The van der Waals surface area contributed by atoms with E-state index in [-0.39, 0.29) is 22.8 Å². The Balaban J connectivity index is 1.79. The topological polar surface area (TPSA) is 69.7 Å². The maximum atomic E-state index is 12.5. The van der Waals surface area contributed by atoms with E-state index < -0.39 is 10.0 Å². The van der Waals surface area contributed by atoms with Crippen LogP contribution < -0.4 is 9.62 Å². The van der Waals surface area contributed by atoms with E-state index >= 15 is 0 Å². The van der Waals surface area contributed by atoms with Crippen LogP contribution in [0, 0.1) is 5.92 Å². The Bertz CT molecular complexity index is 741. The van der Waals surface area contributed by atoms with Gasteiger partial charge in [-0.3, -0.25) is 4.79 Å².